The van der Waals surface area contributed by atoms with Crippen molar-refractivity contribution < 1.29 is 19.5 Å². The van der Waals surface area contributed by atoms with Gasteiger partial charge in [0.1, 0.15) is 11.3 Å². The fourth-order valence-corrected chi connectivity index (χ4v) is 2.31. The molecule has 0 aromatic rings. The molecule has 1 rings (SSSR count). The lowest BCUT2D eigenvalue weighted by Gasteiger charge is -2.21. The molecule has 0 aromatic heterocycles. The van der Waals surface area contributed by atoms with E-state index in [9.17, 15) is 19.5 Å². The first-order chi connectivity index (χ1) is 7.91. The van der Waals surface area contributed by atoms with Crippen LogP contribution in [0.3, 0.4) is 0 Å². The minimum Gasteiger partial charge on any atom is -0.509 e. The Morgan fingerprint density at radius 1 is 1.41 bits per heavy atom. The van der Waals surface area contributed by atoms with Gasteiger partial charge >= 0.3 is 0 Å². The number of thioether (sulfide) groups is 1. The number of ketones is 1. The fraction of sp³-hybridized carbons (Fsp3) is 0.545. The zero-order valence-corrected chi connectivity index (χ0v) is 10.8. The normalized spacial score (nSPS) is 20.1. The van der Waals surface area contributed by atoms with Gasteiger partial charge < -0.3 is 5.11 Å². The molecule has 0 bridgehead atoms. The smallest absolute Gasteiger partial charge is 0.268 e. The molecule has 0 aromatic carbocycles. The van der Waals surface area contributed by atoms with E-state index in [1.165, 1.54) is 13.8 Å². The summed E-state index contributed by atoms with van der Waals surface area (Å²) in [6.07, 6.45) is 2.34. The first-order valence-corrected chi connectivity index (χ1v) is 6.58. The summed E-state index contributed by atoms with van der Waals surface area (Å²) >= 11 is 1.55. The van der Waals surface area contributed by atoms with Crippen LogP contribution >= 0.6 is 11.8 Å². The third kappa shape index (κ3) is 2.52. The zero-order chi connectivity index (χ0) is 13.2. The van der Waals surface area contributed by atoms with E-state index in [1.807, 2.05) is 6.26 Å². The molecule has 1 aliphatic heterocycles. The summed E-state index contributed by atoms with van der Waals surface area (Å²) in [6, 6.07) is -0.689. The summed E-state index contributed by atoms with van der Waals surface area (Å²) in [5, 5.41) is 9.87. The number of hydrogen-bond acceptors (Lipinski definition) is 5. The van der Waals surface area contributed by atoms with Crippen LogP contribution < -0.4 is 0 Å². The van der Waals surface area contributed by atoms with Crippen molar-refractivity contribution in [1.29, 1.82) is 0 Å². The van der Waals surface area contributed by atoms with E-state index in [1.54, 1.807) is 11.8 Å². The molecular formula is C11H15NO4S. The molecule has 0 spiro atoms. The summed E-state index contributed by atoms with van der Waals surface area (Å²) in [7, 11) is 0. The minimum absolute atomic E-state index is 0.258. The lowest BCUT2D eigenvalue weighted by atomic mass is 10.1. The molecule has 1 unspecified atom stereocenters. The van der Waals surface area contributed by atoms with Crippen LogP contribution in [-0.4, -0.2) is 45.7 Å². The molecule has 0 saturated carbocycles. The van der Waals surface area contributed by atoms with Gasteiger partial charge in [0.25, 0.3) is 5.91 Å². The van der Waals surface area contributed by atoms with Gasteiger partial charge in [-0.2, -0.15) is 11.8 Å². The fourth-order valence-electron chi connectivity index (χ4n) is 1.85. The standard InChI is InChI=1S/C11H15NO4S/c1-6(13)9-10(15)8(4-5-17-3)12(7(2)14)11(9)16/h8,15H,4-5H2,1-3H3. The summed E-state index contributed by atoms with van der Waals surface area (Å²) in [5.41, 5.74) is -0.258. The van der Waals surface area contributed by atoms with Crippen molar-refractivity contribution in [2.45, 2.75) is 26.3 Å². The summed E-state index contributed by atoms with van der Waals surface area (Å²) in [4.78, 5) is 35.5. The van der Waals surface area contributed by atoms with Gasteiger partial charge in [0.15, 0.2) is 5.78 Å². The maximum Gasteiger partial charge on any atom is 0.268 e. The van der Waals surface area contributed by atoms with Gasteiger partial charge in [0.2, 0.25) is 5.91 Å². The van der Waals surface area contributed by atoms with Gasteiger partial charge in [0.05, 0.1) is 6.04 Å². The van der Waals surface area contributed by atoms with Crippen molar-refractivity contribution in [3.05, 3.63) is 11.3 Å². The number of rotatable bonds is 4. The first kappa shape index (κ1) is 13.8. The summed E-state index contributed by atoms with van der Waals surface area (Å²) in [5.74, 6) is -1.23. The van der Waals surface area contributed by atoms with Gasteiger partial charge in [-0.15, -0.1) is 0 Å². The lowest BCUT2D eigenvalue weighted by Crippen LogP contribution is -2.40. The second-order valence-electron chi connectivity index (χ2n) is 3.81. The largest absolute Gasteiger partial charge is 0.509 e. The predicted molar refractivity (Wildman–Crippen MR) is 64.6 cm³/mol. The Bertz CT molecular complexity index is 402. The van der Waals surface area contributed by atoms with Crippen LogP contribution in [0.1, 0.15) is 20.3 Å². The van der Waals surface area contributed by atoms with E-state index >= 15 is 0 Å². The number of imide groups is 1. The van der Waals surface area contributed by atoms with Crippen molar-refractivity contribution in [2.24, 2.45) is 0 Å². The highest BCUT2D eigenvalue weighted by atomic mass is 32.2. The lowest BCUT2D eigenvalue weighted by molar-refractivity contribution is -0.142. The third-order valence-corrected chi connectivity index (χ3v) is 3.25. The van der Waals surface area contributed by atoms with Crippen LogP contribution in [0.25, 0.3) is 0 Å². The molecule has 2 amide bonds. The number of aliphatic hydroxyl groups is 1. The molecule has 1 N–H and O–H groups in total. The first-order valence-electron chi connectivity index (χ1n) is 5.19. The number of aliphatic hydroxyl groups excluding tert-OH is 1. The number of amides is 2. The molecule has 5 nitrogen and oxygen atoms in total. The topological polar surface area (TPSA) is 74.7 Å². The number of hydrogen-bond donors (Lipinski definition) is 1. The SMILES string of the molecule is CSCCC1C(O)=C(C(C)=O)C(=O)N1C(C)=O. The van der Waals surface area contributed by atoms with Crippen molar-refractivity contribution in [3.8, 4) is 0 Å². The second-order valence-corrected chi connectivity index (χ2v) is 4.79. The Hall–Kier alpha value is -1.30. The Kier molecular flexibility index (Phi) is 4.34. The molecule has 0 radical (unpaired) electrons. The third-order valence-electron chi connectivity index (χ3n) is 2.60. The number of carbonyl (C=O) groups is 3. The van der Waals surface area contributed by atoms with Gasteiger partial charge in [0, 0.05) is 6.92 Å². The van der Waals surface area contributed by atoms with Gasteiger partial charge in [-0.05, 0) is 25.4 Å². The quantitative estimate of drug-likeness (QED) is 0.757. The number of carbonyl (C=O) groups excluding carboxylic acids is 3. The molecule has 0 aliphatic carbocycles. The minimum atomic E-state index is -0.689. The molecule has 1 heterocycles. The Balaban J connectivity index is 3.09. The van der Waals surface area contributed by atoms with Gasteiger partial charge in [-0.25, -0.2) is 0 Å². The molecule has 17 heavy (non-hydrogen) atoms. The Morgan fingerprint density at radius 2 is 2.00 bits per heavy atom. The van der Waals surface area contributed by atoms with Gasteiger partial charge in [-0.1, -0.05) is 0 Å². The van der Waals surface area contributed by atoms with Crippen LogP contribution in [0.5, 0.6) is 0 Å². The maximum absolute atomic E-state index is 11.8. The Labute approximate surface area is 104 Å². The van der Waals surface area contributed by atoms with E-state index < -0.39 is 23.6 Å². The molecule has 0 saturated heterocycles. The predicted octanol–water partition coefficient (Wildman–Crippen LogP) is 0.898. The van der Waals surface area contributed by atoms with Gasteiger partial charge in [-0.3, -0.25) is 19.3 Å². The monoisotopic (exact) mass is 257 g/mol. The van der Waals surface area contributed by atoms with Crippen LogP contribution in [0.2, 0.25) is 0 Å². The molecule has 0 fully saturated rings. The summed E-state index contributed by atoms with van der Waals surface area (Å²) < 4.78 is 0. The Morgan fingerprint density at radius 3 is 2.41 bits per heavy atom. The summed E-state index contributed by atoms with van der Waals surface area (Å²) in [6.45, 7) is 2.46. The molecule has 94 valence electrons. The molecule has 1 aliphatic rings. The van der Waals surface area contributed by atoms with Crippen LogP contribution in [0, 0.1) is 0 Å². The highest BCUT2D eigenvalue weighted by Crippen LogP contribution is 2.28. The number of nitrogens with zero attached hydrogens (tertiary/aromatic N) is 1. The average molecular weight is 257 g/mol. The van der Waals surface area contributed by atoms with Crippen molar-refractivity contribution in [3.63, 3.8) is 0 Å². The zero-order valence-electron chi connectivity index (χ0n) is 10.0. The second kappa shape index (κ2) is 5.35. The van der Waals surface area contributed by atoms with Crippen LogP contribution in [-0.2, 0) is 14.4 Å². The van der Waals surface area contributed by atoms with Crippen LogP contribution in [0.15, 0.2) is 11.3 Å². The van der Waals surface area contributed by atoms with Crippen molar-refractivity contribution >= 4 is 29.4 Å². The van der Waals surface area contributed by atoms with E-state index in [0.29, 0.717) is 12.2 Å². The molecule has 1 atom stereocenters. The van der Waals surface area contributed by atoms with E-state index in [0.717, 1.165) is 4.90 Å². The highest BCUT2D eigenvalue weighted by molar-refractivity contribution is 7.98. The van der Waals surface area contributed by atoms with Crippen molar-refractivity contribution in [2.75, 3.05) is 12.0 Å². The molecular weight excluding hydrogens is 242 g/mol. The average Bonchev–Trinajstić information content (AvgIpc) is 2.46. The van der Waals surface area contributed by atoms with E-state index in [-0.39, 0.29) is 11.3 Å². The van der Waals surface area contributed by atoms with E-state index in [4.69, 9.17) is 0 Å². The maximum atomic E-state index is 11.8. The van der Waals surface area contributed by atoms with Crippen molar-refractivity contribution in [1.82, 2.24) is 4.90 Å². The number of Topliss-reactive ketones (excluding diaryl/α,β-unsaturated/α-hetero) is 1. The van der Waals surface area contributed by atoms with E-state index in [2.05, 4.69) is 0 Å². The highest BCUT2D eigenvalue weighted by Gasteiger charge is 2.43. The molecule has 6 heteroatoms. The van der Waals surface area contributed by atoms with Crippen LogP contribution in [0.4, 0.5) is 0 Å².